The molecule has 0 radical (unpaired) electrons. The van der Waals surface area contributed by atoms with Crippen LogP contribution in [0.3, 0.4) is 0 Å². The molecule has 0 saturated carbocycles. The van der Waals surface area contributed by atoms with Crippen LogP contribution in [0.1, 0.15) is 18.7 Å². The number of ether oxygens (including phenoxy) is 2. The molecule has 0 atom stereocenters. The molecule has 178 valence electrons. The molecule has 0 aliphatic carbocycles. The van der Waals surface area contributed by atoms with Crippen molar-refractivity contribution >= 4 is 21.1 Å². The van der Waals surface area contributed by atoms with Gasteiger partial charge in [-0.05, 0) is 49.2 Å². The van der Waals surface area contributed by atoms with E-state index < -0.39 is 10.0 Å². The van der Waals surface area contributed by atoms with Gasteiger partial charge < -0.3 is 14.0 Å². The highest BCUT2D eigenvalue weighted by molar-refractivity contribution is 7.89. The minimum Gasteiger partial charge on any atom is -0.493 e. The molecule has 0 bridgehead atoms. The zero-order valence-corrected chi connectivity index (χ0v) is 20.2. The molecule has 0 aliphatic rings. The molecule has 0 aliphatic heterocycles. The highest BCUT2D eigenvalue weighted by Crippen LogP contribution is 2.26. The average molecular weight is 480 g/mol. The van der Waals surface area contributed by atoms with Crippen LogP contribution >= 0.6 is 0 Å². The summed E-state index contributed by atoms with van der Waals surface area (Å²) >= 11 is 0. The first-order valence-electron chi connectivity index (χ1n) is 11.2. The van der Waals surface area contributed by atoms with Crippen molar-refractivity contribution in [2.24, 2.45) is 0 Å². The largest absolute Gasteiger partial charge is 0.493 e. The van der Waals surface area contributed by atoms with Gasteiger partial charge >= 0.3 is 0 Å². The molecule has 8 heteroatoms. The first kappa shape index (κ1) is 23.8. The normalized spacial score (nSPS) is 11.7. The second-order valence-electron chi connectivity index (χ2n) is 7.95. The average Bonchev–Trinajstić information content (AvgIpc) is 3.21. The zero-order valence-electron chi connectivity index (χ0n) is 19.4. The molecule has 0 spiro atoms. The topological polar surface area (TPSA) is 73.7 Å². The van der Waals surface area contributed by atoms with Gasteiger partial charge in [0, 0.05) is 13.6 Å². The summed E-state index contributed by atoms with van der Waals surface area (Å²) in [7, 11) is -0.391. The van der Waals surface area contributed by atoms with Crippen LogP contribution in [0.4, 0.5) is 0 Å². The van der Waals surface area contributed by atoms with Crippen molar-refractivity contribution in [3.63, 3.8) is 0 Å². The van der Waals surface area contributed by atoms with E-state index in [-0.39, 0.29) is 11.4 Å². The lowest BCUT2D eigenvalue weighted by Crippen LogP contribution is -2.28. The minimum atomic E-state index is -3.61. The van der Waals surface area contributed by atoms with Gasteiger partial charge in [-0.2, -0.15) is 4.31 Å². The maximum absolute atomic E-state index is 13.0. The van der Waals surface area contributed by atoms with E-state index >= 15 is 0 Å². The van der Waals surface area contributed by atoms with Gasteiger partial charge in [-0.25, -0.2) is 13.4 Å². The molecule has 0 N–H and O–H groups in total. The number of rotatable bonds is 11. The van der Waals surface area contributed by atoms with E-state index in [1.54, 1.807) is 44.5 Å². The predicted octanol–water partition coefficient (Wildman–Crippen LogP) is 4.72. The van der Waals surface area contributed by atoms with Crippen molar-refractivity contribution in [2.45, 2.75) is 30.8 Å². The van der Waals surface area contributed by atoms with E-state index in [2.05, 4.69) is 4.57 Å². The Hall–Kier alpha value is -3.36. The molecular weight excluding hydrogens is 450 g/mol. The number of hydrogen-bond donors (Lipinski definition) is 0. The molecule has 3 aromatic carbocycles. The van der Waals surface area contributed by atoms with Gasteiger partial charge in [0.25, 0.3) is 0 Å². The van der Waals surface area contributed by atoms with Crippen LogP contribution in [-0.2, 0) is 23.1 Å². The third kappa shape index (κ3) is 5.24. The summed E-state index contributed by atoms with van der Waals surface area (Å²) in [6, 6.07) is 23.9. The van der Waals surface area contributed by atoms with E-state index in [1.807, 2.05) is 48.5 Å². The second-order valence-corrected chi connectivity index (χ2v) is 9.99. The smallest absolute Gasteiger partial charge is 0.243 e. The fourth-order valence-corrected chi connectivity index (χ4v) is 4.99. The van der Waals surface area contributed by atoms with Crippen LogP contribution in [0.5, 0.6) is 11.5 Å². The van der Waals surface area contributed by atoms with Gasteiger partial charge in [-0.3, -0.25) is 0 Å². The maximum atomic E-state index is 13.0. The van der Waals surface area contributed by atoms with Crippen LogP contribution in [0.25, 0.3) is 11.0 Å². The number of aromatic nitrogens is 2. The minimum absolute atomic E-state index is 0.184. The summed E-state index contributed by atoms with van der Waals surface area (Å²) in [5.74, 6) is 2.16. The van der Waals surface area contributed by atoms with Crippen LogP contribution in [0, 0.1) is 0 Å². The molecule has 4 rings (SSSR count). The summed E-state index contributed by atoms with van der Waals surface area (Å²) in [5, 5.41) is 0. The molecule has 0 amide bonds. The molecule has 7 nitrogen and oxygen atoms in total. The number of aryl methyl sites for hydroxylation is 1. The van der Waals surface area contributed by atoms with Gasteiger partial charge in [0.05, 0.1) is 36.2 Å². The summed E-state index contributed by atoms with van der Waals surface area (Å²) in [6.07, 6.45) is 1.69. The third-order valence-corrected chi connectivity index (χ3v) is 7.47. The van der Waals surface area contributed by atoms with E-state index in [0.717, 1.165) is 29.6 Å². The zero-order chi connectivity index (χ0) is 24.0. The highest BCUT2D eigenvalue weighted by atomic mass is 32.2. The quantitative estimate of drug-likeness (QED) is 0.291. The number of nitrogens with zero attached hydrogens (tertiary/aromatic N) is 3. The van der Waals surface area contributed by atoms with E-state index in [9.17, 15) is 8.42 Å². The number of unbranched alkanes of at least 4 members (excludes halogenated alkanes) is 1. The van der Waals surface area contributed by atoms with Crippen LogP contribution in [-0.4, -0.2) is 43.0 Å². The Labute approximate surface area is 200 Å². The monoisotopic (exact) mass is 479 g/mol. The summed E-state index contributed by atoms with van der Waals surface area (Å²) < 4.78 is 40.7. The lowest BCUT2D eigenvalue weighted by Gasteiger charge is -2.18. The lowest BCUT2D eigenvalue weighted by atomic mass is 10.3. The number of imidazole rings is 1. The first-order valence-corrected chi connectivity index (χ1v) is 12.7. The Morgan fingerprint density at radius 2 is 1.56 bits per heavy atom. The van der Waals surface area contributed by atoms with E-state index in [4.69, 9.17) is 14.5 Å². The molecule has 0 saturated heterocycles. The summed E-state index contributed by atoms with van der Waals surface area (Å²) in [5.41, 5.74) is 1.85. The second kappa shape index (κ2) is 10.7. The van der Waals surface area contributed by atoms with Crippen molar-refractivity contribution < 1.29 is 17.9 Å². The molecule has 1 aromatic heterocycles. The Bertz CT molecular complexity index is 1340. The molecule has 34 heavy (non-hydrogen) atoms. The van der Waals surface area contributed by atoms with E-state index in [1.165, 1.54) is 4.31 Å². The molecular formula is C26H29N3O4S. The summed E-state index contributed by atoms with van der Waals surface area (Å²) in [6.45, 7) is 1.46. The van der Waals surface area contributed by atoms with Crippen LogP contribution < -0.4 is 9.47 Å². The van der Waals surface area contributed by atoms with E-state index in [0.29, 0.717) is 24.7 Å². The van der Waals surface area contributed by atoms with Crippen LogP contribution in [0.15, 0.2) is 83.8 Å². The van der Waals surface area contributed by atoms with Gasteiger partial charge in [0.2, 0.25) is 10.0 Å². The molecule has 0 unspecified atom stereocenters. The predicted molar refractivity (Wildman–Crippen MR) is 133 cm³/mol. The van der Waals surface area contributed by atoms with Gasteiger partial charge in [-0.15, -0.1) is 0 Å². The number of sulfonamides is 1. The molecule has 4 aromatic rings. The fraction of sp³-hybridized carbons (Fsp3) is 0.269. The first-order chi connectivity index (χ1) is 16.5. The van der Waals surface area contributed by atoms with Gasteiger partial charge in [-0.1, -0.05) is 42.5 Å². The highest BCUT2D eigenvalue weighted by Gasteiger charge is 2.23. The standard InChI is InChI=1S/C26H29N3O4S/c1-28(34(30,31)21-12-4-3-5-13-21)20-26-27-22-14-6-7-15-23(22)29(26)18-10-11-19-33-25-17-9-8-16-24(25)32-2/h3-9,12-17H,10-11,18-20H2,1-2H3. The van der Waals surface area contributed by atoms with Gasteiger partial charge in [0.15, 0.2) is 11.5 Å². The maximum Gasteiger partial charge on any atom is 0.243 e. The third-order valence-electron chi connectivity index (χ3n) is 5.65. The Morgan fingerprint density at radius 3 is 2.32 bits per heavy atom. The van der Waals surface area contributed by atoms with Crippen molar-refractivity contribution in [3.8, 4) is 11.5 Å². The van der Waals surface area contributed by atoms with Crippen molar-refractivity contribution in [1.29, 1.82) is 0 Å². The number of hydrogen-bond acceptors (Lipinski definition) is 5. The molecule has 0 fully saturated rings. The van der Waals surface area contributed by atoms with Crippen molar-refractivity contribution in [1.82, 2.24) is 13.9 Å². The molecule has 1 heterocycles. The SMILES string of the molecule is COc1ccccc1OCCCCn1c(CN(C)S(=O)(=O)c2ccccc2)nc2ccccc21. The van der Waals surface area contributed by atoms with Crippen molar-refractivity contribution in [2.75, 3.05) is 20.8 Å². The number of fused-ring (bicyclic) bond motifs is 1. The number of para-hydroxylation sites is 4. The Morgan fingerprint density at radius 1 is 0.882 bits per heavy atom. The van der Waals surface area contributed by atoms with Crippen molar-refractivity contribution in [3.05, 3.63) is 84.7 Å². The number of methoxy groups -OCH3 is 1. The Kier molecular flexibility index (Phi) is 7.49. The summed E-state index contributed by atoms with van der Waals surface area (Å²) in [4.78, 5) is 5.01. The lowest BCUT2D eigenvalue weighted by molar-refractivity contribution is 0.283. The van der Waals surface area contributed by atoms with Crippen LogP contribution in [0.2, 0.25) is 0 Å². The fourth-order valence-electron chi connectivity index (χ4n) is 3.84. The Balaban J connectivity index is 1.45. The number of benzene rings is 3. The van der Waals surface area contributed by atoms with Gasteiger partial charge in [0.1, 0.15) is 5.82 Å².